The summed E-state index contributed by atoms with van der Waals surface area (Å²) in [6.07, 6.45) is 2.83. The third-order valence-corrected chi connectivity index (χ3v) is 5.24. The highest BCUT2D eigenvalue weighted by atomic mass is 32.1. The van der Waals surface area contributed by atoms with Gasteiger partial charge in [-0.3, -0.25) is 4.79 Å². The Hall–Kier alpha value is -1.67. The van der Waals surface area contributed by atoms with E-state index in [4.69, 9.17) is 0 Å². The van der Waals surface area contributed by atoms with Crippen molar-refractivity contribution in [3.05, 3.63) is 48.0 Å². The van der Waals surface area contributed by atoms with Crippen LogP contribution >= 0.6 is 11.3 Å². The van der Waals surface area contributed by atoms with Gasteiger partial charge in [-0.05, 0) is 30.5 Å². The molecule has 1 atom stereocenters. The van der Waals surface area contributed by atoms with Gasteiger partial charge in [-0.2, -0.15) is 0 Å². The molecule has 3 aromatic rings. The SMILES string of the molecule is O=C1CCCC1c1ccc2c(c1)sc1ccccc12. The number of Topliss-reactive ketones (excluding diaryl/α,β-unsaturated/α-hetero) is 1. The van der Waals surface area contributed by atoms with Crippen LogP contribution in [0.5, 0.6) is 0 Å². The number of carbonyl (C=O) groups is 1. The molecule has 2 aromatic carbocycles. The van der Waals surface area contributed by atoms with Crippen molar-refractivity contribution in [1.82, 2.24) is 0 Å². The zero-order valence-electron chi connectivity index (χ0n) is 10.6. The molecule has 0 spiro atoms. The molecule has 4 rings (SSSR count). The lowest BCUT2D eigenvalue weighted by Crippen LogP contribution is -2.03. The van der Waals surface area contributed by atoms with Gasteiger partial charge in [0.2, 0.25) is 0 Å². The smallest absolute Gasteiger partial charge is 0.140 e. The van der Waals surface area contributed by atoms with Crippen LogP contribution in [-0.2, 0) is 4.79 Å². The maximum atomic E-state index is 11.9. The van der Waals surface area contributed by atoms with Gasteiger partial charge in [0.25, 0.3) is 0 Å². The third-order valence-electron chi connectivity index (χ3n) is 4.11. The predicted molar refractivity (Wildman–Crippen MR) is 80.9 cm³/mol. The summed E-state index contributed by atoms with van der Waals surface area (Å²) in [5.74, 6) is 0.565. The minimum absolute atomic E-state index is 0.148. The van der Waals surface area contributed by atoms with Crippen LogP contribution in [0.3, 0.4) is 0 Å². The molecule has 0 radical (unpaired) electrons. The quantitative estimate of drug-likeness (QED) is 0.613. The van der Waals surface area contributed by atoms with Gasteiger partial charge in [0, 0.05) is 32.5 Å². The molecule has 0 amide bonds. The Bertz CT molecular complexity index is 784. The molecule has 1 saturated carbocycles. The minimum atomic E-state index is 0.148. The lowest BCUT2D eigenvalue weighted by Gasteiger charge is -2.07. The van der Waals surface area contributed by atoms with Crippen LogP contribution < -0.4 is 0 Å². The van der Waals surface area contributed by atoms with E-state index in [0.29, 0.717) is 5.78 Å². The molecule has 2 heteroatoms. The zero-order chi connectivity index (χ0) is 12.8. The van der Waals surface area contributed by atoms with Gasteiger partial charge in [-0.1, -0.05) is 30.3 Å². The number of thiophene rings is 1. The Morgan fingerprint density at radius 2 is 1.84 bits per heavy atom. The van der Waals surface area contributed by atoms with Crippen molar-refractivity contribution in [1.29, 1.82) is 0 Å². The van der Waals surface area contributed by atoms with E-state index in [2.05, 4.69) is 42.5 Å². The molecule has 0 N–H and O–H groups in total. The normalized spacial score (nSPS) is 19.6. The molecule has 1 unspecified atom stereocenters. The average molecular weight is 266 g/mol. The zero-order valence-corrected chi connectivity index (χ0v) is 11.4. The van der Waals surface area contributed by atoms with Gasteiger partial charge in [0.1, 0.15) is 5.78 Å². The Morgan fingerprint density at radius 3 is 2.68 bits per heavy atom. The van der Waals surface area contributed by atoms with Crippen LogP contribution in [0.25, 0.3) is 20.2 Å². The number of hydrogen-bond acceptors (Lipinski definition) is 2. The van der Waals surface area contributed by atoms with Crippen LogP contribution in [0.4, 0.5) is 0 Å². The largest absolute Gasteiger partial charge is 0.299 e. The Balaban J connectivity index is 1.91. The van der Waals surface area contributed by atoms with Gasteiger partial charge < -0.3 is 0 Å². The summed E-state index contributed by atoms with van der Waals surface area (Å²) in [5.41, 5.74) is 1.21. The Kier molecular flexibility index (Phi) is 2.46. The molecule has 19 heavy (non-hydrogen) atoms. The van der Waals surface area contributed by atoms with E-state index in [9.17, 15) is 4.79 Å². The number of rotatable bonds is 1. The maximum absolute atomic E-state index is 11.9. The number of carbonyl (C=O) groups excluding carboxylic acids is 1. The Labute approximate surface area is 115 Å². The van der Waals surface area contributed by atoms with Gasteiger partial charge in [0.15, 0.2) is 0 Å². The van der Waals surface area contributed by atoms with Crippen molar-refractivity contribution in [3.8, 4) is 0 Å². The van der Waals surface area contributed by atoms with E-state index in [1.54, 1.807) is 0 Å². The van der Waals surface area contributed by atoms with Gasteiger partial charge in [-0.15, -0.1) is 11.3 Å². The summed E-state index contributed by atoms with van der Waals surface area (Å²) >= 11 is 1.82. The molecular formula is C17H14OS. The van der Waals surface area contributed by atoms with E-state index in [-0.39, 0.29) is 5.92 Å². The minimum Gasteiger partial charge on any atom is -0.299 e. The van der Waals surface area contributed by atoms with Crippen LogP contribution in [-0.4, -0.2) is 5.78 Å². The first-order valence-electron chi connectivity index (χ1n) is 6.77. The second-order valence-electron chi connectivity index (χ2n) is 5.26. The van der Waals surface area contributed by atoms with Crippen molar-refractivity contribution < 1.29 is 4.79 Å². The summed E-state index contributed by atoms with van der Waals surface area (Å²) in [5, 5.41) is 2.64. The predicted octanol–water partition coefficient (Wildman–Crippen LogP) is 4.89. The molecule has 0 saturated heterocycles. The first kappa shape index (κ1) is 11.2. The fraction of sp³-hybridized carbons (Fsp3) is 0.235. The average Bonchev–Trinajstić information content (AvgIpc) is 3.01. The second-order valence-corrected chi connectivity index (χ2v) is 6.35. The number of hydrogen-bond donors (Lipinski definition) is 0. The lowest BCUT2D eigenvalue weighted by molar-refractivity contribution is -0.118. The van der Waals surface area contributed by atoms with Gasteiger partial charge in [0.05, 0.1) is 0 Å². The van der Waals surface area contributed by atoms with Crippen LogP contribution in [0, 0.1) is 0 Å². The summed E-state index contributed by atoms with van der Waals surface area (Å²) in [6.45, 7) is 0. The maximum Gasteiger partial charge on any atom is 0.140 e. The fourth-order valence-electron chi connectivity index (χ4n) is 3.13. The number of ketones is 1. The van der Waals surface area contributed by atoms with E-state index >= 15 is 0 Å². The standard InChI is InChI=1S/C17H14OS/c18-15-6-3-5-12(15)11-8-9-14-13-4-1-2-7-16(13)19-17(14)10-11/h1-2,4,7-10,12H,3,5-6H2. The molecule has 94 valence electrons. The van der Waals surface area contributed by atoms with Crippen molar-refractivity contribution >= 4 is 37.3 Å². The summed E-state index contributed by atoms with van der Waals surface area (Å²) in [7, 11) is 0. The van der Waals surface area contributed by atoms with Crippen molar-refractivity contribution in [3.63, 3.8) is 0 Å². The molecule has 1 aromatic heterocycles. The lowest BCUT2D eigenvalue weighted by atomic mass is 9.96. The van der Waals surface area contributed by atoms with E-state index < -0.39 is 0 Å². The number of benzene rings is 2. The summed E-state index contributed by atoms with van der Waals surface area (Å²) in [4.78, 5) is 11.9. The van der Waals surface area contributed by atoms with E-state index in [1.807, 2.05) is 11.3 Å². The molecule has 0 aliphatic heterocycles. The third kappa shape index (κ3) is 1.71. The first-order chi connectivity index (χ1) is 9.33. The topological polar surface area (TPSA) is 17.1 Å². The van der Waals surface area contributed by atoms with Gasteiger partial charge in [-0.25, -0.2) is 0 Å². The molecule has 1 fully saturated rings. The number of fused-ring (bicyclic) bond motifs is 3. The fourth-order valence-corrected chi connectivity index (χ4v) is 4.28. The van der Waals surface area contributed by atoms with Crippen molar-refractivity contribution in [2.24, 2.45) is 0 Å². The first-order valence-corrected chi connectivity index (χ1v) is 7.58. The molecule has 1 aliphatic rings. The van der Waals surface area contributed by atoms with Crippen LogP contribution in [0.2, 0.25) is 0 Å². The second kappa shape index (κ2) is 4.17. The van der Waals surface area contributed by atoms with Crippen molar-refractivity contribution in [2.75, 3.05) is 0 Å². The molecule has 1 aliphatic carbocycles. The highest BCUT2D eigenvalue weighted by molar-refractivity contribution is 7.25. The molecule has 1 nitrogen and oxygen atoms in total. The Morgan fingerprint density at radius 1 is 1.00 bits per heavy atom. The van der Waals surface area contributed by atoms with Crippen molar-refractivity contribution in [2.45, 2.75) is 25.2 Å². The van der Waals surface area contributed by atoms with E-state index in [1.165, 1.54) is 25.7 Å². The monoisotopic (exact) mass is 266 g/mol. The van der Waals surface area contributed by atoms with E-state index in [0.717, 1.165) is 19.3 Å². The molecule has 1 heterocycles. The van der Waals surface area contributed by atoms with Crippen LogP contribution in [0.15, 0.2) is 42.5 Å². The highest BCUT2D eigenvalue weighted by Crippen LogP contribution is 2.38. The molecule has 0 bridgehead atoms. The summed E-state index contributed by atoms with van der Waals surface area (Å²) < 4.78 is 2.63. The van der Waals surface area contributed by atoms with Crippen LogP contribution in [0.1, 0.15) is 30.7 Å². The molecular weight excluding hydrogens is 252 g/mol. The summed E-state index contributed by atoms with van der Waals surface area (Å²) in [6, 6.07) is 15.1. The van der Waals surface area contributed by atoms with Gasteiger partial charge >= 0.3 is 0 Å². The highest BCUT2D eigenvalue weighted by Gasteiger charge is 2.26.